The first-order chi connectivity index (χ1) is 15.3. The number of carbonyl (C=O) groups is 4. The van der Waals surface area contributed by atoms with Gasteiger partial charge in [-0.2, -0.15) is 0 Å². The summed E-state index contributed by atoms with van der Waals surface area (Å²) < 4.78 is 15.8. The highest BCUT2D eigenvalue weighted by Gasteiger charge is 2.20. The molecule has 0 aromatic heterocycles. The largest absolute Gasteiger partial charge is 0.447 e. The second kappa shape index (κ2) is 15.2. The fourth-order valence-electron chi connectivity index (χ4n) is 1.16. The van der Waals surface area contributed by atoms with Crippen LogP contribution in [0.2, 0.25) is 0 Å². The van der Waals surface area contributed by atoms with Gasteiger partial charge in [0, 0.05) is 28.2 Å². The summed E-state index contributed by atoms with van der Waals surface area (Å²) in [5.41, 5.74) is 0.179. The van der Waals surface area contributed by atoms with E-state index in [1.807, 2.05) is 0 Å². The third kappa shape index (κ3) is 12.2. The molecule has 0 aliphatic heterocycles. The van der Waals surface area contributed by atoms with E-state index in [1.54, 1.807) is 13.2 Å². The van der Waals surface area contributed by atoms with Gasteiger partial charge in [0.1, 0.15) is 16.5 Å². The zero-order valence-electron chi connectivity index (χ0n) is 19.1. The van der Waals surface area contributed by atoms with Gasteiger partial charge in [0.25, 0.3) is 0 Å². The molecule has 0 unspecified atom stereocenters. The number of rotatable bonds is 8. The highest BCUT2D eigenvalue weighted by Crippen LogP contribution is 2.16. The van der Waals surface area contributed by atoms with Crippen LogP contribution in [0.1, 0.15) is 20.8 Å². The third-order valence-electron chi connectivity index (χ3n) is 3.10. The zero-order chi connectivity index (χ0) is 25.7. The minimum atomic E-state index is -1.76. The molecule has 0 N–H and O–H groups in total. The molecule has 0 atom stereocenters. The van der Waals surface area contributed by atoms with E-state index in [2.05, 4.69) is 25.1 Å². The van der Waals surface area contributed by atoms with E-state index < -0.39 is 24.4 Å². The maximum atomic E-state index is 12.5. The van der Waals surface area contributed by atoms with Gasteiger partial charge in [-0.1, -0.05) is 15.5 Å². The summed E-state index contributed by atoms with van der Waals surface area (Å²) >= 11 is 2.42. The summed E-state index contributed by atoms with van der Waals surface area (Å²) in [7, 11) is 5.04. The van der Waals surface area contributed by atoms with E-state index in [0.29, 0.717) is 33.6 Å². The van der Waals surface area contributed by atoms with Crippen LogP contribution < -0.4 is 0 Å². The van der Waals surface area contributed by atoms with Crippen LogP contribution in [0.15, 0.2) is 15.5 Å². The molecule has 33 heavy (non-hydrogen) atoms. The Balaban J connectivity index is 4.73. The molecule has 0 aromatic carbocycles. The van der Waals surface area contributed by atoms with Gasteiger partial charge in [-0.05, 0) is 27.0 Å². The van der Waals surface area contributed by atoms with Crippen molar-refractivity contribution in [1.29, 1.82) is 0 Å². The van der Waals surface area contributed by atoms with Crippen LogP contribution in [0.4, 0.5) is 23.6 Å². The molecule has 0 rings (SSSR count). The Kier molecular flexibility index (Phi) is 13.9. The first-order valence-corrected chi connectivity index (χ1v) is 11.3. The molecule has 0 radical (unpaired) electrons. The van der Waals surface area contributed by atoms with E-state index in [-0.39, 0.29) is 11.4 Å². The zero-order valence-corrected chi connectivity index (χ0v) is 21.5. The number of amides is 4. The molecule has 0 bridgehead atoms. The normalized spacial score (nSPS) is 12.0. The molecule has 0 spiro atoms. The Bertz CT molecular complexity index is 828. The van der Waals surface area contributed by atoms with Gasteiger partial charge in [-0.3, -0.25) is 14.5 Å². The molecule has 0 saturated carbocycles. The number of oxime groups is 3. The third-order valence-corrected chi connectivity index (χ3v) is 5.34. The number of hydrogen-bond acceptors (Lipinski definition) is 13. The molecule has 4 amide bonds. The van der Waals surface area contributed by atoms with Crippen molar-refractivity contribution in [3.63, 3.8) is 0 Å². The lowest BCUT2D eigenvalue weighted by Gasteiger charge is -2.19. The molecule has 0 fully saturated rings. The first kappa shape index (κ1) is 30.3. The Labute approximate surface area is 202 Å². The molecule has 18 heteroatoms. The van der Waals surface area contributed by atoms with Gasteiger partial charge < -0.3 is 0 Å². The van der Waals surface area contributed by atoms with Gasteiger partial charge in [-0.15, -0.1) is 16.2 Å². The van der Waals surface area contributed by atoms with Crippen molar-refractivity contribution in [2.24, 2.45) is 15.5 Å². The van der Waals surface area contributed by atoms with Crippen LogP contribution in [0.3, 0.4) is 0 Å². The Morgan fingerprint density at radius 3 is 1.33 bits per heavy atom. The molecule has 0 aromatic rings. The fourth-order valence-corrected chi connectivity index (χ4v) is 2.37. The van der Waals surface area contributed by atoms with Gasteiger partial charge in [0.2, 0.25) is 0 Å². The number of nitrogens with zero attached hydrogens (tertiary/aromatic N) is 7. The quantitative estimate of drug-likeness (QED) is 0.0865. The van der Waals surface area contributed by atoms with Crippen LogP contribution in [0.25, 0.3) is 0 Å². The minimum absolute atomic E-state index is 0.0856. The predicted molar refractivity (Wildman–Crippen MR) is 125 cm³/mol. The fraction of sp³-hybridized carbons (Fsp3) is 0.533. The summed E-state index contributed by atoms with van der Waals surface area (Å²) in [6, 6.07) is 0. The van der Waals surface area contributed by atoms with Gasteiger partial charge >= 0.3 is 24.4 Å². The molecular formula is C15H24FN7O7S3. The van der Waals surface area contributed by atoms with Crippen LogP contribution >= 0.6 is 36.0 Å². The van der Waals surface area contributed by atoms with E-state index in [0.717, 1.165) is 20.0 Å². The van der Waals surface area contributed by atoms with Crippen LogP contribution in [-0.2, 0) is 14.5 Å². The van der Waals surface area contributed by atoms with E-state index >= 15 is 0 Å². The van der Waals surface area contributed by atoms with Crippen LogP contribution in [0.5, 0.6) is 0 Å². The van der Waals surface area contributed by atoms with E-state index in [1.165, 1.54) is 46.8 Å². The standard InChI is InChI=1S/C15H24FN7O7S3/c1-9(17-28-13(25)21(5)32-20(4)12(16)24)10(2)18-29-14(26)22(6)33-23(7)15(27)30-19-11(3)31-8/h1-8H3. The van der Waals surface area contributed by atoms with Crippen LogP contribution in [-0.4, -0.2) is 92.6 Å². The van der Waals surface area contributed by atoms with Gasteiger partial charge in [-0.25, -0.2) is 36.4 Å². The Morgan fingerprint density at radius 2 is 1.00 bits per heavy atom. The highest BCUT2D eigenvalue weighted by atomic mass is 32.2. The molecule has 0 aliphatic carbocycles. The van der Waals surface area contributed by atoms with Crippen molar-refractivity contribution in [3.8, 4) is 0 Å². The predicted octanol–water partition coefficient (Wildman–Crippen LogP) is 3.79. The van der Waals surface area contributed by atoms with Crippen molar-refractivity contribution in [2.75, 3.05) is 34.4 Å². The first-order valence-electron chi connectivity index (χ1n) is 8.61. The van der Waals surface area contributed by atoms with E-state index in [4.69, 9.17) is 4.84 Å². The molecule has 0 saturated heterocycles. The molecule has 14 nitrogen and oxygen atoms in total. The van der Waals surface area contributed by atoms with Crippen LogP contribution in [0, 0.1) is 0 Å². The topological polar surface area (TPSA) is 146 Å². The minimum Gasteiger partial charge on any atom is -0.297 e. The second-order valence-electron chi connectivity index (χ2n) is 5.65. The molecule has 186 valence electrons. The second-order valence-corrected chi connectivity index (χ2v) is 9.16. The SMILES string of the molecule is CSC(C)=NOC(=O)N(C)SN(C)C(=O)ON=C(C)C(C)=NOC(=O)N(C)SN(C)C(=O)F. The Morgan fingerprint density at radius 1 is 0.667 bits per heavy atom. The summed E-state index contributed by atoms with van der Waals surface area (Å²) in [6.07, 6.45) is -2.73. The molecule has 0 aliphatic rings. The van der Waals surface area contributed by atoms with Crippen molar-refractivity contribution in [2.45, 2.75) is 20.8 Å². The number of carbonyl (C=O) groups excluding carboxylic acids is 4. The monoisotopic (exact) mass is 529 g/mol. The summed E-state index contributed by atoms with van der Waals surface area (Å²) in [6.45, 7) is 4.51. The Hall–Kier alpha value is -2.73. The summed E-state index contributed by atoms with van der Waals surface area (Å²) in [4.78, 5) is 60.2. The average Bonchev–Trinajstić information content (AvgIpc) is 2.77. The average molecular weight is 530 g/mol. The van der Waals surface area contributed by atoms with Crippen molar-refractivity contribution >= 4 is 76.9 Å². The summed E-state index contributed by atoms with van der Waals surface area (Å²) in [5.74, 6) is 0. The maximum absolute atomic E-state index is 12.5. The molecule has 0 heterocycles. The smallest absolute Gasteiger partial charge is 0.297 e. The summed E-state index contributed by atoms with van der Waals surface area (Å²) in [5, 5.41) is 11.2. The maximum Gasteiger partial charge on any atom is 0.447 e. The number of halogens is 1. The van der Waals surface area contributed by atoms with Gasteiger partial charge in [0.05, 0.1) is 24.3 Å². The van der Waals surface area contributed by atoms with E-state index in [9.17, 15) is 23.6 Å². The number of thioether (sulfide) groups is 1. The van der Waals surface area contributed by atoms with Gasteiger partial charge in [0.15, 0.2) is 0 Å². The lowest BCUT2D eigenvalue weighted by atomic mass is 10.3. The lowest BCUT2D eigenvalue weighted by molar-refractivity contribution is 0.130. The lowest BCUT2D eigenvalue weighted by Crippen LogP contribution is -2.29. The van der Waals surface area contributed by atoms with Crippen molar-refractivity contribution < 1.29 is 38.1 Å². The number of hydrogen-bond donors (Lipinski definition) is 0. The van der Waals surface area contributed by atoms with Crippen molar-refractivity contribution in [3.05, 3.63) is 0 Å². The molecular weight excluding hydrogens is 505 g/mol. The van der Waals surface area contributed by atoms with Crippen molar-refractivity contribution in [1.82, 2.24) is 17.2 Å². The highest BCUT2D eigenvalue weighted by molar-refractivity contribution is 8.13.